The largest absolute Gasteiger partial charge is 0.319 e. The van der Waals surface area contributed by atoms with Gasteiger partial charge < -0.3 is 5.32 Å². The molecule has 2 atom stereocenters. The number of hydrogen-bond acceptors (Lipinski definition) is 2. The average Bonchev–Trinajstić information content (AvgIpc) is 2.74. The fraction of sp³-hybridized carbons (Fsp3) is 0.600. The summed E-state index contributed by atoms with van der Waals surface area (Å²) in [5.74, 6) is 0.675. The van der Waals surface area contributed by atoms with Crippen LogP contribution in [0.5, 0.6) is 0 Å². The first-order chi connectivity index (χ1) is 9.17. The Morgan fingerprint density at radius 3 is 2.89 bits per heavy atom. The lowest BCUT2D eigenvalue weighted by molar-refractivity contribution is 0.226. The van der Waals surface area contributed by atoms with Crippen LogP contribution in [0.2, 0.25) is 5.02 Å². The summed E-state index contributed by atoms with van der Waals surface area (Å²) in [7, 11) is 2.04. The van der Waals surface area contributed by atoms with E-state index in [1.54, 1.807) is 0 Å². The van der Waals surface area contributed by atoms with Gasteiger partial charge >= 0.3 is 0 Å². The summed E-state index contributed by atoms with van der Waals surface area (Å²) < 4.78 is 1.13. The van der Waals surface area contributed by atoms with Gasteiger partial charge in [0.05, 0.1) is 0 Å². The Balaban J connectivity index is 2.29. The second-order valence-electron chi connectivity index (χ2n) is 5.25. The lowest BCUT2D eigenvalue weighted by Gasteiger charge is -2.29. The zero-order chi connectivity index (χ0) is 13.8. The number of rotatable bonds is 5. The van der Waals surface area contributed by atoms with Gasteiger partial charge in [-0.15, -0.1) is 0 Å². The van der Waals surface area contributed by atoms with Gasteiger partial charge in [0, 0.05) is 15.5 Å². The van der Waals surface area contributed by atoms with Crippen LogP contribution in [0, 0.1) is 5.92 Å². The van der Waals surface area contributed by atoms with E-state index >= 15 is 0 Å². The molecule has 1 aromatic carbocycles. The van der Waals surface area contributed by atoms with Crippen LogP contribution in [-0.4, -0.2) is 31.6 Å². The highest BCUT2D eigenvalue weighted by atomic mass is 79.9. The highest BCUT2D eigenvalue weighted by Crippen LogP contribution is 2.40. The molecule has 1 heterocycles. The number of benzene rings is 1. The number of nitrogens with zero attached hydrogens (tertiary/aromatic N) is 1. The summed E-state index contributed by atoms with van der Waals surface area (Å²) in [6, 6.07) is 6.68. The molecule has 0 spiro atoms. The third-order valence-corrected chi connectivity index (χ3v) is 4.81. The molecule has 2 nitrogen and oxygen atoms in total. The minimum atomic E-state index is 0.499. The van der Waals surface area contributed by atoms with E-state index in [2.05, 4.69) is 39.1 Å². The Morgan fingerprint density at radius 2 is 2.26 bits per heavy atom. The van der Waals surface area contributed by atoms with Crippen LogP contribution in [0.15, 0.2) is 22.7 Å². The van der Waals surface area contributed by atoms with E-state index in [0.29, 0.717) is 12.0 Å². The number of nitrogens with one attached hydrogen (secondary N) is 1. The topological polar surface area (TPSA) is 15.3 Å². The first-order valence-corrected chi connectivity index (χ1v) is 8.18. The van der Waals surface area contributed by atoms with Crippen molar-refractivity contribution in [3.8, 4) is 0 Å². The van der Waals surface area contributed by atoms with E-state index in [1.165, 1.54) is 31.5 Å². The number of halogens is 2. The minimum absolute atomic E-state index is 0.499. The van der Waals surface area contributed by atoms with Gasteiger partial charge in [0.2, 0.25) is 0 Å². The van der Waals surface area contributed by atoms with Gasteiger partial charge in [-0.05, 0) is 63.1 Å². The molecule has 0 bridgehead atoms. The van der Waals surface area contributed by atoms with Gasteiger partial charge in [0.1, 0.15) is 0 Å². The second-order valence-corrected chi connectivity index (χ2v) is 6.54. The molecular weight excluding hydrogens is 324 g/mol. The van der Waals surface area contributed by atoms with E-state index in [-0.39, 0.29) is 0 Å². The Hall–Kier alpha value is -0.0900. The lowest BCUT2D eigenvalue weighted by Crippen LogP contribution is -2.30. The van der Waals surface area contributed by atoms with E-state index < -0.39 is 0 Å². The predicted octanol–water partition coefficient (Wildman–Crippen LogP) is 4.09. The van der Waals surface area contributed by atoms with Crippen molar-refractivity contribution in [2.24, 2.45) is 5.92 Å². The van der Waals surface area contributed by atoms with Crippen LogP contribution in [0.3, 0.4) is 0 Å². The summed E-state index contributed by atoms with van der Waals surface area (Å²) in [5.41, 5.74) is 1.37. The molecule has 1 fully saturated rings. The zero-order valence-electron chi connectivity index (χ0n) is 11.6. The first-order valence-electron chi connectivity index (χ1n) is 7.01. The van der Waals surface area contributed by atoms with Crippen molar-refractivity contribution >= 4 is 27.5 Å². The average molecular weight is 346 g/mol. The van der Waals surface area contributed by atoms with E-state index in [4.69, 9.17) is 11.6 Å². The standard InChI is InChI=1S/C15H22BrClN2/c1-3-7-19-8-6-11(10-18-2)15(19)13-5-4-12(17)9-14(13)16/h4-5,9,11,15,18H,3,6-8,10H2,1-2H3. The van der Waals surface area contributed by atoms with Crippen LogP contribution in [-0.2, 0) is 0 Å². The maximum Gasteiger partial charge on any atom is 0.0417 e. The Labute approximate surface area is 129 Å². The van der Waals surface area contributed by atoms with Crippen LogP contribution in [0.25, 0.3) is 0 Å². The van der Waals surface area contributed by atoms with E-state index in [1.807, 2.05) is 19.2 Å². The Morgan fingerprint density at radius 1 is 1.47 bits per heavy atom. The fourth-order valence-electron chi connectivity index (χ4n) is 3.13. The van der Waals surface area contributed by atoms with Gasteiger partial charge in [0.25, 0.3) is 0 Å². The van der Waals surface area contributed by atoms with Crippen molar-refractivity contribution in [1.82, 2.24) is 10.2 Å². The molecule has 0 saturated carbocycles. The van der Waals surface area contributed by atoms with Crippen molar-refractivity contribution in [1.29, 1.82) is 0 Å². The summed E-state index contributed by atoms with van der Waals surface area (Å²) >= 11 is 9.75. The third kappa shape index (κ3) is 3.52. The summed E-state index contributed by atoms with van der Waals surface area (Å²) in [5, 5.41) is 4.13. The molecule has 0 aromatic heterocycles. The molecule has 1 aliphatic rings. The van der Waals surface area contributed by atoms with Crippen LogP contribution >= 0.6 is 27.5 Å². The maximum absolute atomic E-state index is 6.06. The third-order valence-electron chi connectivity index (χ3n) is 3.89. The summed E-state index contributed by atoms with van der Waals surface area (Å²) in [6.45, 7) is 5.68. The van der Waals surface area contributed by atoms with Crippen molar-refractivity contribution in [3.63, 3.8) is 0 Å². The first kappa shape index (κ1) is 15.3. The Bertz CT molecular complexity index is 411. The second kappa shape index (κ2) is 7.07. The van der Waals surface area contributed by atoms with E-state index in [9.17, 15) is 0 Å². The normalized spacial score (nSPS) is 24.0. The molecular formula is C15H22BrClN2. The molecule has 0 radical (unpaired) electrons. The smallest absolute Gasteiger partial charge is 0.0417 e. The summed E-state index contributed by atoms with van der Waals surface area (Å²) in [4.78, 5) is 2.61. The molecule has 1 aliphatic heterocycles. The van der Waals surface area contributed by atoms with Gasteiger partial charge in [0.15, 0.2) is 0 Å². The number of likely N-dealkylation sites (tertiary alicyclic amines) is 1. The minimum Gasteiger partial charge on any atom is -0.319 e. The Kier molecular flexibility index (Phi) is 5.70. The molecule has 2 unspecified atom stereocenters. The van der Waals surface area contributed by atoms with Crippen molar-refractivity contribution < 1.29 is 0 Å². The van der Waals surface area contributed by atoms with Gasteiger partial charge in [-0.25, -0.2) is 0 Å². The fourth-order valence-corrected chi connectivity index (χ4v) is 4.05. The lowest BCUT2D eigenvalue weighted by atomic mass is 9.93. The molecule has 19 heavy (non-hydrogen) atoms. The SMILES string of the molecule is CCCN1CCC(CNC)C1c1ccc(Cl)cc1Br. The van der Waals surface area contributed by atoms with Crippen LogP contribution in [0.4, 0.5) is 0 Å². The quantitative estimate of drug-likeness (QED) is 0.864. The van der Waals surface area contributed by atoms with Crippen molar-refractivity contribution in [2.75, 3.05) is 26.7 Å². The van der Waals surface area contributed by atoms with Crippen LogP contribution < -0.4 is 5.32 Å². The van der Waals surface area contributed by atoms with Gasteiger partial charge in [-0.1, -0.05) is 40.5 Å². The maximum atomic E-state index is 6.06. The predicted molar refractivity (Wildman–Crippen MR) is 85.8 cm³/mol. The monoisotopic (exact) mass is 344 g/mol. The molecule has 2 rings (SSSR count). The molecule has 1 aromatic rings. The highest BCUT2D eigenvalue weighted by molar-refractivity contribution is 9.10. The van der Waals surface area contributed by atoms with Crippen molar-refractivity contribution in [2.45, 2.75) is 25.8 Å². The van der Waals surface area contributed by atoms with Gasteiger partial charge in [-0.2, -0.15) is 0 Å². The number of hydrogen-bond donors (Lipinski definition) is 1. The molecule has 0 aliphatic carbocycles. The van der Waals surface area contributed by atoms with Gasteiger partial charge in [-0.3, -0.25) is 4.90 Å². The molecule has 106 valence electrons. The molecule has 0 amide bonds. The zero-order valence-corrected chi connectivity index (χ0v) is 14.0. The highest BCUT2D eigenvalue weighted by Gasteiger charge is 2.35. The molecule has 4 heteroatoms. The van der Waals surface area contributed by atoms with E-state index in [0.717, 1.165) is 16.0 Å². The molecule has 1 N–H and O–H groups in total. The van der Waals surface area contributed by atoms with Crippen molar-refractivity contribution in [3.05, 3.63) is 33.3 Å². The molecule has 1 saturated heterocycles. The van der Waals surface area contributed by atoms with Crippen LogP contribution in [0.1, 0.15) is 31.4 Å². The summed E-state index contributed by atoms with van der Waals surface area (Å²) in [6.07, 6.45) is 2.47.